The Bertz CT molecular complexity index is 498. The minimum Gasteiger partial charge on any atom is -0.479 e. The molecular weight excluding hydrogens is 270 g/mol. The third kappa shape index (κ3) is 4.29. The maximum atomic E-state index is 12.1. The van der Waals surface area contributed by atoms with E-state index in [1.54, 1.807) is 4.90 Å². The number of ether oxygens (including phenoxy) is 1. The number of carboxylic acid groups (broad SMARTS) is 1. The van der Waals surface area contributed by atoms with Crippen LogP contribution in [0.3, 0.4) is 0 Å². The second-order valence-corrected chi connectivity index (χ2v) is 5.21. The molecule has 1 fully saturated rings. The van der Waals surface area contributed by atoms with Gasteiger partial charge in [-0.15, -0.1) is 0 Å². The van der Waals surface area contributed by atoms with Crippen molar-refractivity contribution in [1.29, 1.82) is 0 Å². The molecule has 0 aliphatic carbocycles. The van der Waals surface area contributed by atoms with Crippen molar-refractivity contribution < 1.29 is 19.4 Å². The zero-order chi connectivity index (χ0) is 15.2. The van der Waals surface area contributed by atoms with Crippen molar-refractivity contribution >= 4 is 11.9 Å². The predicted molar refractivity (Wildman–Crippen MR) is 78.1 cm³/mol. The van der Waals surface area contributed by atoms with Crippen LogP contribution >= 0.6 is 0 Å². The maximum absolute atomic E-state index is 12.1. The molecule has 1 N–H and O–H groups in total. The monoisotopic (exact) mass is 291 g/mol. The quantitative estimate of drug-likeness (QED) is 0.892. The van der Waals surface area contributed by atoms with Crippen LogP contribution in [0.1, 0.15) is 24.5 Å². The molecule has 5 nitrogen and oxygen atoms in total. The van der Waals surface area contributed by atoms with E-state index in [1.165, 1.54) is 5.56 Å². The van der Waals surface area contributed by atoms with Crippen LogP contribution in [0.15, 0.2) is 24.3 Å². The number of morpholine rings is 1. The summed E-state index contributed by atoms with van der Waals surface area (Å²) in [6.45, 7) is 3.00. The summed E-state index contributed by atoms with van der Waals surface area (Å²) in [5.74, 6) is -1.02. The molecule has 0 radical (unpaired) electrons. The predicted octanol–water partition coefficient (Wildman–Crippen LogP) is 1.49. The van der Waals surface area contributed by atoms with E-state index in [-0.39, 0.29) is 19.1 Å². The fourth-order valence-corrected chi connectivity index (χ4v) is 2.38. The summed E-state index contributed by atoms with van der Waals surface area (Å²) in [5.41, 5.74) is 2.41. The smallest absolute Gasteiger partial charge is 0.334 e. The minimum atomic E-state index is -1.01. The normalized spacial score (nSPS) is 18.5. The lowest BCUT2D eigenvalue weighted by molar-refractivity contribution is -0.159. The number of aliphatic carboxylic acids is 1. The third-order valence-electron chi connectivity index (χ3n) is 3.75. The SMILES string of the molecule is CCc1ccc(CCC(=O)N2CCOC(C(=O)O)C2)cc1. The number of amides is 1. The Hall–Kier alpha value is -1.88. The van der Waals surface area contributed by atoms with E-state index in [1.807, 2.05) is 12.1 Å². The van der Waals surface area contributed by atoms with E-state index in [0.717, 1.165) is 12.0 Å². The van der Waals surface area contributed by atoms with Crippen LogP contribution in [0.5, 0.6) is 0 Å². The van der Waals surface area contributed by atoms with Crippen LogP contribution in [0.2, 0.25) is 0 Å². The topological polar surface area (TPSA) is 66.8 Å². The number of nitrogens with zero attached hydrogens (tertiary/aromatic N) is 1. The van der Waals surface area contributed by atoms with Gasteiger partial charge in [0.1, 0.15) is 0 Å². The molecule has 1 amide bonds. The average Bonchev–Trinajstić information content (AvgIpc) is 2.53. The van der Waals surface area contributed by atoms with Gasteiger partial charge in [0.2, 0.25) is 5.91 Å². The first-order chi connectivity index (χ1) is 10.1. The zero-order valence-electron chi connectivity index (χ0n) is 12.2. The van der Waals surface area contributed by atoms with E-state index >= 15 is 0 Å². The van der Waals surface area contributed by atoms with Gasteiger partial charge in [-0.05, 0) is 24.0 Å². The Kier molecular flexibility index (Phi) is 5.33. The number of aryl methyl sites for hydroxylation is 2. The second kappa shape index (κ2) is 7.22. The Morgan fingerprint density at radius 3 is 2.57 bits per heavy atom. The van der Waals surface area contributed by atoms with Crippen molar-refractivity contribution in [3.8, 4) is 0 Å². The average molecular weight is 291 g/mol. The van der Waals surface area contributed by atoms with Crippen LogP contribution in [0, 0.1) is 0 Å². The lowest BCUT2D eigenvalue weighted by Crippen LogP contribution is -2.48. The lowest BCUT2D eigenvalue weighted by Gasteiger charge is -2.31. The molecule has 1 aliphatic heterocycles. The molecule has 1 aromatic carbocycles. The summed E-state index contributed by atoms with van der Waals surface area (Å²) in [6.07, 6.45) is 1.19. The van der Waals surface area contributed by atoms with Crippen LogP contribution in [0.4, 0.5) is 0 Å². The van der Waals surface area contributed by atoms with Gasteiger partial charge in [0.05, 0.1) is 13.2 Å². The van der Waals surface area contributed by atoms with E-state index in [9.17, 15) is 9.59 Å². The van der Waals surface area contributed by atoms with Crippen molar-refractivity contribution in [2.45, 2.75) is 32.3 Å². The first kappa shape index (κ1) is 15.5. The largest absolute Gasteiger partial charge is 0.479 e. The van der Waals surface area contributed by atoms with Gasteiger partial charge in [0, 0.05) is 13.0 Å². The number of rotatable bonds is 5. The lowest BCUT2D eigenvalue weighted by atomic mass is 10.1. The standard InChI is InChI=1S/C16H21NO4/c1-2-12-3-5-13(6-4-12)7-8-15(18)17-9-10-21-14(11-17)16(19)20/h3-6,14H,2,7-11H2,1H3,(H,19,20). The number of carbonyl (C=O) groups excluding carboxylic acids is 1. The molecule has 0 aromatic heterocycles. The molecule has 1 unspecified atom stereocenters. The molecular formula is C16H21NO4. The second-order valence-electron chi connectivity index (χ2n) is 5.21. The molecule has 1 aromatic rings. The number of benzene rings is 1. The summed E-state index contributed by atoms with van der Waals surface area (Å²) >= 11 is 0. The highest BCUT2D eigenvalue weighted by Crippen LogP contribution is 2.11. The first-order valence-electron chi connectivity index (χ1n) is 7.30. The van der Waals surface area contributed by atoms with Crippen molar-refractivity contribution in [2.24, 2.45) is 0 Å². The van der Waals surface area contributed by atoms with Crippen LogP contribution < -0.4 is 0 Å². The molecule has 1 aliphatic rings. The molecule has 2 rings (SSSR count). The van der Waals surface area contributed by atoms with Gasteiger partial charge in [-0.25, -0.2) is 4.79 Å². The van der Waals surface area contributed by atoms with Crippen LogP contribution in [-0.2, 0) is 27.2 Å². The summed E-state index contributed by atoms with van der Waals surface area (Å²) < 4.78 is 5.11. The van der Waals surface area contributed by atoms with Crippen LogP contribution in [0.25, 0.3) is 0 Å². The van der Waals surface area contributed by atoms with Gasteiger partial charge in [0.15, 0.2) is 6.10 Å². The number of carbonyl (C=O) groups is 2. The van der Waals surface area contributed by atoms with Gasteiger partial charge < -0.3 is 14.7 Å². The highest BCUT2D eigenvalue weighted by molar-refractivity contribution is 5.78. The van der Waals surface area contributed by atoms with E-state index in [2.05, 4.69) is 19.1 Å². The van der Waals surface area contributed by atoms with Gasteiger partial charge in [0.25, 0.3) is 0 Å². The summed E-state index contributed by atoms with van der Waals surface area (Å²) in [6, 6.07) is 8.25. The Morgan fingerprint density at radius 2 is 1.95 bits per heavy atom. The van der Waals surface area contributed by atoms with Crippen molar-refractivity contribution in [2.75, 3.05) is 19.7 Å². The van der Waals surface area contributed by atoms with E-state index in [0.29, 0.717) is 19.4 Å². The van der Waals surface area contributed by atoms with E-state index < -0.39 is 12.1 Å². The highest BCUT2D eigenvalue weighted by atomic mass is 16.5. The summed E-state index contributed by atoms with van der Waals surface area (Å²) in [4.78, 5) is 24.6. The van der Waals surface area contributed by atoms with Gasteiger partial charge in [-0.3, -0.25) is 4.79 Å². The fraction of sp³-hybridized carbons (Fsp3) is 0.500. The Balaban J connectivity index is 1.84. The molecule has 0 saturated carbocycles. The van der Waals surface area contributed by atoms with E-state index in [4.69, 9.17) is 9.84 Å². The molecule has 0 spiro atoms. The molecule has 5 heteroatoms. The Morgan fingerprint density at radius 1 is 1.29 bits per heavy atom. The molecule has 1 saturated heterocycles. The highest BCUT2D eigenvalue weighted by Gasteiger charge is 2.28. The van der Waals surface area contributed by atoms with Crippen molar-refractivity contribution in [3.63, 3.8) is 0 Å². The molecule has 1 heterocycles. The van der Waals surface area contributed by atoms with Gasteiger partial charge in [-0.2, -0.15) is 0 Å². The first-order valence-corrected chi connectivity index (χ1v) is 7.30. The van der Waals surface area contributed by atoms with Crippen molar-refractivity contribution in [1.82, 2.24) is 4.90 Å². The van der Waals surface area contributed by atoms with Gasteiger partial charge in [-0.1, -0.05) is 31.2 Å². The molecule has 0 bridgehead atoms. The maximum Gasteiger partial charge on any atom is 0.334 e. The number of hydrogen-bond acceptors (Lipinski definition) is 3. The summed E-state index contributed by atoms with van der Waals surface area (Å²) in [7, 11) is 0. The molecule has 114 valence electrons. The van der Waals surface area contributed by atoms with Gasteiger partial charge >= 0.3 is 5.97 Å². The fourth-order valence-electron chi connectivity index (χ4n) is 2.38. The molecule has 21 heavy (non-hydrogen) atoms. The third-order valence-corrected chi connectivity index (χ3v) is 3.75. The zero-order valence-corrected chi connectivity index (χ0v) is 12.2. The Labute approximate surface area is 124 Å². The minimum absolute atomic E-state index is 0.0101. The molecule has 1 atom stereocenters. The number of carboxylic acids is 1. The number of hydrogen-bond donors (Lipinski definition) is 1. The van der Waals surface area contributed by atoms with Crippen LogP contribution in [-0.4, -0.2) is 47.7 Å². The van der Waals surface area contributed by atoms with Crippen molar-refractivity contribution in [3.05, 3.63) is 35.4 Å². The summed E-state index contributed by atoms with van der Waals surface area (Å²) in [5, 5.41) is 8.93.